The Morgan fingerprint density at radius 3 is 2.64 bits per heavy atom. The van der Waals surface area contributed by atoms with Crippen LogP contribution in [0.25, 0.3) is 0 Å². The van der Waals surface area contributed by atoms with Gasteiger partial charge in [-0.2, -0.15) is 5.10 Å². The Bertz CT molecular complexity index is 651. The molecule has 1 aromatic heterocycles. The third-order valence-electron chi connectivity index (χ3n) is 4.46. The van der Waals surface area contributed by atoms with Gasteiger partial charge in [-0.15, -0.1) is 0 Å². The Morgan fingerprint density at radius 1 is 1.41 bits per heavy atom. The van der Waals surface area contributed by atoms with Crippen LogP contribution < -0.4 is 0 Å². The summed E-state index contributed by atoms with van der Waals surface area (Å²) in [7, 11) is -1.46. The van der Waals surface area contributed by atoms with E-state index in [1.807, 2.05) is 13.8 Å². The molecule has 1 fully saturated rings. The molecule has 2 atom stereocenters. The predicted octanol–water partition coefficient (Wildman–Crippen LogP) is 1.64. The fourth-order valence-electron chi connectivity index (χ4n) is 3.31. The third-order valence-corrected chi connectivity index (χ3v) is 6.11. The minimum Gasteiger partial charge on any atom is -0.336 e. The summed E-state index contributed by atoms with van der Waals surface area (Å²) in [5.74, 6) is -0.150. The minimum atomic E-state index is -3.16. The van der Waals surface area contributed by atoms with Crippen LogP contribution in [0.3, 0.4) is 0 Å². The second kappa shape index (κ2) is 6.40. The molecule has 0 spiro atoms. The summed E-state index contributed by atoms with van der Waals surface area (Å²) >= 11 is 0. The molecule has 1 heterocycles. The first kappa shape index (κ1) is 17.0. The maximum Gasteiger partial charge on any atom is 0.272 e. The second-order valence-corrected chi connectivity index (χ2v) is 8.39. The molecule has 1 amide bonds. The van der Waals surface area contributed by atoms with Crippen LogP contribution in [0, 0.1) is 6.92 Å². The van der Waals surface area contributed by atoms with Crippen LogP contribution in [0.15, 0.2) is 6.07 Å². The Hall–Kier alpha value is -1.37. The molecule has 124 valence electrons. The molecule has 0 aliphatic heterocycles. The van der Waals surface area contributed by atoms with Gasteiger partial charge in [0, 0.05) is 25.9 Å². The highest BCUT2D eigenvalue weighted by molar-refractivity contribution is 7.91. The second-order valence-electron chi connectivity index (χ2n) is 6.12. The molecule has 0 saturated heterocycles. The number of rotatable bonds is 4. The molecular weight excluding hydrogens is 302 g/mol. The van der Waals surface area contributed by atoms with Gasteiger partial charge in [-0.1, -0.05) is 12.8 Å². The number of hydrogen-bond acceptors (Lipinski definition) is 4. The van der Waals surface area contributed by atoms with Crippen molar-refractivity contribution in [1.29, 1.82) is 0 Å². The summed E-state index contributed by atoms with van der Waals surface area (Å²) in [4.78, 5) is 14.4. The fraction of sp³-hybridized carbons (Fsp3) is 0.733. The van der Waals surface area contributed by atoms with E-state index in [-0.39, 0.29) is 11.9 Å². The quantitative estimate of drug-likeness (QED) is 0.843. The van der Waals surface area contributed by atoms with Crippen LogP contribution >= 0.6 is 0 Å². The summed E-state index contributed by atoms with van der Waals surface area (Å²) in [5, 5.41) is 3.83. The molecule has 1 aromatic rings. The monoisotopic (exact) mass is 327 g/mol. The SMILES string of the molecule is CCn1nc(C)cc1C(=O)N(C)[C@H]1CCCC[C@@H]1S(C)(=O)=O. The fourth-order valence-corrected chi connectivity index (χ4v) is 4.79. The molecule has 22 heavy (non-hydrogen) atoms. The summed E-state index contributed by atoms with van der Waals surface area (Å²) in [6.07, 6.45) is 4.50. The van der Waals surface area contributed by atoms with E-state index >= 15 is 0 Å². The van der Waals surface area contributed by atoms with E-state index in [4.69, 9.17) is 0 Å². The average molecular weight is 327 g/mol. The smallest absolute Gasteiger partial charge is 0.272 e. The van der Waals surface area contributed by atoms with Gasteiger partial charge in [0.05, 0.1) is 10.9 Å². The molecule has 1 aliphatic carbocycles. The lowest BCUT2D eigenvalue weighted by Gasteiger charge is -2.36. The Morgan fingerprint density at radius 2 is 2.05 bits per heavy atom. The zero-order valence-electron chi connectivity index (χ0n) is 13.7. The van der Waals surface area contributed by atoms with Crippen LogP contribution in [0.5, 0.6) is 0 Å². The molecule has 2 rings (SSSR count). The van der Waals surface area contributed by atoms with Gasteiger partial charge in [0.1, 0.15) is 5.69 Å². The first-order chi connectivity index (χ1) is 10.3. The van der Waals surface area contributed by atoms with Crippen molar-refractivity contribution in [1.82, 2.24) is 14.7 Å². The maximum absolute atomic E-state index is 12.8. The number of sulfone groups is 1. The standard InChI is InChI=1S/C15H25N3O3S/c1-5-18-13(10-11(2)16-18)15(19)17(3)12-8-6-7-9-14(12)22(4,20)21/h10,12,14H,5-9H2,1-4H3/t12-,14-/m0/s1. The van der Waals surface area contributed by atoms with E-state index < -0.39 is 15.1 Å². The molecule has 0 bridgehead atoms. The molecule has 1 aliphatic rings. The highest BCUT2D eigenvalue weighted by Gasteiger charge is 2.37. The van der Waals surface area contributed by atoms with Gasteiger partial charge in [-0.05, 0) is 32.8 Å². The molecular formula is C15H25N3O3S. The Labute approximate surface area is 132 Å². The minimum absolute atomic E-state index is 0.150. The van der Waals surface area contributed by atoms with Crippen LogP contribution in [-0.2, 0) is 16.4 Å². The summed E-state index contributed by atoms with van der Waals surface area (Å²) < 4.78 is 25.7. The van der Waals surface area contributed by atoms with Crippen molar-refractivity contribution in [3.63, 3.8) is 0 Å². The number of carbonyl (C=O) groups excluding carboxylic acids is 1. The highest BCUT2D eigenvalue weighted by atomic mass is 32.2. The van der Waals surface area contributed by atoms with Gasteiger partial charge >= 0.3 is 0 Å². The number of aryl methyl sites for hydroxylation is 2. The van der Waals surface area contributed by atoms with Crippen LogP contribution in [0.1, 0.15) is 48.8 Å². The molecule has 1 saturated carbocycles. The zero-order chi connectivity index (χ0) is 16.5. The predicted molar refractivity (Wildman–Crippen MR) is 85.6 cm³/mol. The third kappa shape index (κ3) is 3.34. The van der Waals surface area contributed by atoms with Crippen molar-refractivity contribution in [3.05, 3.63) is 17.5 Å². The Balaban J connectivity index is 2.28. The summed E-state index contributed by atoms with van der Waals surface area (Å²) in [6.45, 7) is 4.40. The lowest BCUT2D eigenvalue weighted by molar-refractivity contribution is 0.0688. The van der Waals surface area contributed by atoms with E-state index in [0.717, 1.165) is 25.0 Å². The number of nitrogens with zero attached hydrogens (tertiary/aromatic N) is 3. The van der Waals surface area contributed by atoms with E-state index in [9.17, 15) is 13.2 Å². The first-order valence-electron chi connectivity index (χ1n) is 7.76. The topological polar surface area (TPSA) is 72.3 Å². The van der Waals surface area contributed by atoms with Crippen LogP contribution in [-0.4, -0.2) is 53.6 Å². The van der Waals surface area contributed by atoms with E-state index in [0.29, 0.717) is 18.7 Å². The van der Waals surface area contributed by atoms with Gasteiger partial charge in [-0.25, -0.2) is 8.42 Å². The Kier molecular flexibility index (Phi) is 4.94. The van der Waals surface area contributed by atoms with Crippen molar-refractivity contribution in [2.24, 2.45) is 0 Å². The average Bonchev–Trinajstić information content (AvgIpc) is 2.86. The molecule has 0 N–H and O–H groups in total. The molecule has 0 unspecified atom stereocenters. The molecule has 6 nitrogen and oxygen atoms in total. The molecule has 7 heteroatoms. The van der Waals surface area contributed by atoms with Gasteiger partial charge in [0.15, 0.2) is 9.84 Å². The first-order valence-corrected chi connectivity index (χ1v) is 9.71. The number of amides is 1. The lowest BCUT2D eigenvalue weighted by Crippen LogP contribution is -2.49. The highest BCUT2D eigenvalue weighted by Crippen LogP contribution is 2.28. The van der Waals surface area contributed by atoms with Crippen molar-refractivity contribution in [2.45, 2.75) is 57.4 Å². The maximum atomic E-state index is 12.8. The van der Waals surface area contributed by atoms with Gasteiger partial charge in [0.2, 0.25) is 0 Å². The van der Waals surface area contributed by atoms with Crippen LogP contribution in [0.4, 0.5) is 0 Å². The normalized spacial score (nSPS) is 22.5. The number of hydrogen-bond donors (Lipinski definition) is 0. The van der Waals surface area contributed by atoms with Crippen molar-refractivity contribution < 1.29 is 13.2 Å². The van der Waals surface area contributed by atoms with Gasteiger partial charge < -0.3 is 4.90 Å². The van der Waals surface area contributed by atoms with Crippen molar-refractivity contribution in [3.8, 4) is 0 Å². The van der Waals surface area contributed by atoms with E-state index in [1.165, 1.54) is 6.26 Å². The van der Waals surface area contributed by atoms with Crippen LogP contribution in [0.2, 0.25) is 0 Å². The van der Waals surface area contributed by atoms with Gasteiger partial charge in [0.25, 0.3) is 5.91 Å². The molecule has 0 aromatic carbocycles. The van der Waals surface area contributed by atoms with E-state index in [2.05, 4.69) is 5.10 Å². The summed E-state index contributed by atoms with van der Waals surface area (Å²) in [6, 6.07) is 1.51. The van der Waals surface area contributed by atoms with Crippen molar-refractivity contribution in [2.75, 3.05) is 13.3 Å². The lowest BCUT2D eigenvalue weighted by atomic mass is 9.93. The number of aromatic nitrogens is 2. The summed E-state index contributed by atoms with van der Waals surface area (Å²) in [5.41, 5.74) is 1.32. The molecule has 0 radical (unpaired) electrons. The largest absolute Gasteiger partial charge is 0.336 e. The van der Waals surface area contributed by atoms with E-state index in [1.54, 1.807) is 22.7 Å². The van der Waals surface area contributed by atoms with Crippen molar-refractivity contribution >= 4 is 15.7 Å². The number of carbonyl (C=O) groups is 1. The zero-order valence-corrected chi connectivity index (χ0v) is 14.6. The van der Waals surface area contributed by atoms with Gasteiger partial charge in [-0.3, -0.25) is 9.48 Å².